The standard InChI is InChI=1S/C11H20N2O2/c1-5-6-7-8-12-9-13-10(14)15-11(2,3)4/h5-6,9H,7-8H2,1-4H3,(H,12,13,14)/b6-5+. The zero-order valence-electron chi connectivity index (χ0n) is 9.91. The molecule has 0 unspecified atom stereocenters. The average molecular weight is 212 g/mol. The first kappa shape index (κ1) is 13.7. The lowest BCUT2D eigenvalue weighted by Crippen LogP contribution is -2.31. The maximum absolute atomic E-state index is 11.1. The van der Waals surface area contributed by atoms with Crippen molar-refractivity contribution in [1.29, 1.82) is 0 Å². The second-order valence-corrected chi connectivity index (χ2v) is 4.04. The number of nitrogens with one attached hydrogen (secondary N) is 1. The monoisotopic (exact) mass is 212 g/mol. The Hall–Kier alpha value is -1.32. The van der Waals surface area contributed by atoms with Crippen LogP contribution in [0, 0.1) is 0 Å². The molecular weight excluding hydrogens is 192 g/mol. The highest BCUT2D eigenvalue weighted by Gasteiger charge is 2.14. The average Bonchev–Trinajstić information content (AvgIpc) is 2.08. The summed E-state index contributed by atoms with van der Waals surface area (Å²) in [6, 6.07) is 0. The molecule has 0 aliphatic rings. The second-order valence-electron chi connectivity index (χ2n) is 4.04. The predicted molar refractivity (Wildman–Crippen MR) is 62.2 cm³/mol. The summed E-state index contributed by atoms with van der Waals surface area (Å²) in [6.07, 6.45) is 5.76. The van der Waals surface area contributed by atoms with Gasteiger partial charge in [0.25, 0.3) is 0 Å². The summed E-state index contributed by atoms with van der Waals surface area (Å²) in [7, 11) is 0. The van der Waals surface area contributed by atoms with Crippen molar-refractivity contribution in [1.82, 2.24) is 5.32 Å². The van der Waals surface area contributed by atoms with Crippen molar-refractivity contribution in [2.75, 3.05) is 6.54 Å². The van der Waals surface area contributed by atoms with Crippen molar-refractivity contribution >= 4 is 12.4 Å². The summed E-state index contributed by atoms with van der Waals surface area (Å²) >= 11 is 0. The Bertz CT molecular complexity index is 239. The van der Waals surface area contributed by atoms with E-state index in [1.165, 1.54) is 6.34 Å². The van der Waals surface area contributed by atoms with Crippen LogP contribution in [0.2, 0.25) is 0 Å². The molecule has 0 saturated carbocycles. The highest BCUT2D eigenvalue weighted by molar-refractivity contribution is 5.82. The summed E-state index contributed by atoms with van der Waals surface area (Å²) < 4.78 is 5.01. The van der Waals surface area contributed by atoms with Gasteiger partial charge in [0.15, 0.2) is 0 Å². The molecule has 0 radical (unpaired) electrons. The van der Waals surface area contributed by atoms with Gasteiger partial charge in [-0.1, -0.05) is 12.2 Å². The first-order chi connectivity index (χ1) is 6.95. The first-order valence-electron chi connectivity index (χ1n) is 5.04. The van der Waals surface area contributed by atoms with E-state index < -0.39 is 11.7 Å². The number of carbonyl (C=O) groups excluding carboxylic acids is 1. The molecule has 0 aromatic rings. The Morgan fingerprint density at radius 2 is 2.13 bits per heavy atom. The minimum atomic E-state index is -0.475. The zero-order chi connectivity index (χ0) is 11.7. The second kappa shape index (κ2) is 7.04. The van der Waals surface area contributed by atoms with Crippen LogP contribution in [0.25, 0.3) is 0 Å². The molecule has 0 aliphatic heterocycles. The van der Waals surface area contributed by atoms with Crippen molar-refractivity contribution in [2.24, 2.45) is 4.99 Å². The van der Waals surface area contributed by atoms with Crippen LogP contribution < -0.4 is 5.32 Å². The molecule has 4 nitrogen and oxygen atoms in total. The van der Waals surface area contributed by atoms with Crippen LogP contribution in [-0.4, -0.2) is 24.6 Å². The van der Waals surface area contributed by atoms with Gasteiger partial charge in [-0.3, -0.25) is 10.3 Å². The Labute approximate surface area is 91.4 Å². The smallest absolute Gasteiger partial charge is 0.412 e. The van der Waals surface area contributed by atoms with Crippen molar-refractivity contribution in [3.63, 3.8) is 0 Å². The number of allylic oxidation sites excluding steroid dienone is 1. The van der Waals surface area contributed by atoms with Crippen LogP contribution in [0.1, 0.15) is 34.1 Å². The number of hydrogen-bond acceptors (Lipinski definition) is 3. The van der Waals surface area contributed by atoms with Gasteiger partial charge in [-0.2, -0.15) is 0 Å². The van der Waals surface area contributed by atoms with Crippen molar-refractivity contribution < 1.29 is 9.53 Å². The van der Waals surface area contributed by atoms with Crippen LogP contribution in [0.5, 0.6) is 0 Å². The molecule has 0 spiro atoms. The van der Waals surface area contributed by atoms with E-state index in [0.29, 0.717) is 6.54 Å². The van der Waals surface area contributed by atoms with E-state index in [2.05, 4.69) is 10.3 Å². The fourth-order valence-electron chi connectivity index (χ4n) is 0.786. The third kappa shape index (κ3) is 10.6. The normalized spacial score (nSPS) is 12.3. The molecule has 15 heavy (non-hydrogen) atoms. The molecule has 0 aromatic carbocycles. The minimum absolute atomic E-state index is 0.469. The Morgan fingerprint density at radius 3 is 2.67 bits per heavy atom. The number of ether oxygens (including phenoxy) is 1. The van der Waals surface area contributed by atoms with Gasteiger partial charge in [0.05, 0.1) is 6.34 Å². The molecule has 0 fully saturated rings. The van der Waals surface area contributed by atoms with Gasteiger partial charge >= 0.3 is 6.09 Å². The Morgan fingerprint density at radius 1 is 1.47 bits per heavy atom. The lowest BCUT2D eigenvalue weighted by atomic mass is 10.2. The van der Waals surface area contributed by atoms with E-state index in [-0.39, 0.29) is 0 Å². The van der Waals surface area contributed by atoms with Gasteiger partial charge in [0.2, 0.25) is 0 Å². The maximum atomic E-state index is 11.1. The zero-order valence-corrected chi connectivity index (χ0v) is 9.91. The summed E-state index contributed by atoms with van der Waals surface area (Å²) in [5, 5.41) is 2.44. The van der Waals surface area contributed by atoms with E-state index in [4.69, 9.17) is 4.74 Å². The number of hydrogen-bond donors (Lipinski definition) is 1. The molecule has 0 aromatic heterocycles. The molecule has 0 rings (SSSR count). The van der Waals surface area contributed by atoms with Gasteiger partial charge in [0, 0.05) is 6.54 Å². The molecule has 4 heteroatoms. The highest BCUT2D eigenvalue weighted by atomic mass is 16.6. The SMILES string of the molecule is C/C=C/CCN=CNC(=O)OC(C)(C)C. The van der Waals surface area contributed by atoms with Crippen LogP contribution >= 0.6 is 0 Å². The molecule has 0 aliphatic carbocycles. The Balaban J connectivity index is 3.62. The largest absolute Gasteiger partial charge is 0.444 e. The molecule has 0 heterocycles. The summed E-state index contributed by atoms with van der Waals surface area (Å²) in [6.45, 7) is 8.07. The Kier molecular flexibility index (Phi) is 6.42. The lowest BCUT2D eigenvalue weighted by molar-refractivity contribution is 0.0565. The van der Waals surface area contributed by atoms with Crippen LogP contribution in [0.3, 0.4) is 0 Å². The molecule has 1 amide bonds. The number of rotatable bonds is 4. The third-order valence-corrected chi connectivity index (χ3v) is 1.33. The number of alkyl carbamates (subject to hydrolysis) is 1. The molecular formula is C11H20N2O2. The van der Waals surface area contributed by atoms with E-state index in [0.717, 1.165) is 6.42 Å². The lowest BCUT2D eigenvalue weighted by Gasteiger charge is -2.18. The van der Waals surface area contributed by atoms with Crippen LogP contribution in [-0.2, 0) is 4.74 Å². The molecule has 0 bridgehead atoms. The summed E-state index contributed by atoms with van der Waals surface area (Å²) in [5.74, 6) is 0. The highest BCUT2D eigenvalue weighted by Crippen LogP contribution is 2.05. The molecule has 0 saturated heterocycles. The fourth-order valence-corrected chi connectivity index (χ4v) is 0.786. The van der Waals surface area contributed by atoms with Crippen molar-refractivity contribution in [3.8, 4) is 0 Å². The maximum Gasteiger partial charge on any atom is 0.412 e. The van der Waals surface area contributed by atoms with E-state index in [1.54, 1.807) is 0 Å². The van der Waals surface area contributed by atoms with Gasteiger partial charge in [-0.15, -0.1) is 0 Å². The van der Waals surface area contributed by atoms with Crippen molar-refractivity contribution in [2.45, 2.75) is 39.7 Å². The van der Waals surface area contributed by atoms with Crippen LogP contribution in [0.4, 0.5) is 4.79 Å². The topological polar surface area (TPSA) is 50.7 Å². The molecule has 1 N–H and O–H groups in total. The number of amides is 1. The third-order valence-electron chi connectivity index (χ3n) is 1.33. The number of nitrogens with zero attached hydrogens (tertiary/aromatic N) is 1. The molecule has 0 atom stereocenters. The quantitative estimate of drug-likeness (QED) is 0.337. The summed E-state index contributed by atoms with van der Waals surface area (Å²) in [5.41, 5.74) is -0.469. The predicted octanol–water partition coefficient (Wildman–Crippen LogP) is 2.51. The first-order valence-corrected chi connectivity index (χ1v) is 5.04. The van der Waals surface area contributed by atoms with Gasteiger partial charge < -0.3 is 4.74 Å². The van der Waals surface area contributed by atoms with E-state index in [9.17, 15) is 4.79 Å². The minimum Gasteiger partial charge on any atom is -0.444 e. The van der Waals surface area contributed by atoms with Crippen LogP contribution in [0.15, 0.2) is 17.1 Å². The van der Waals surface area contributed by atoms with E-state index >= 15 is 0 Å². The van der Waals surface area contributed by atoms with E-state index in [1.807, 2.05) is 39.8 Å². The fraction of sp³-hybridized carbons (Fsp3) is 0.636. The van der Waals surface area contributed by atoms with Gasteiger partial charge in [0.1, 0.15) is 5.60 Å². The summed E-state index contributed by atoms with van der Waals surface area (Å²) in [4.78, 5) is 15.1. The number of aliphatic imine (C=N–C) groups is 1. The van der Waals surface area contributed by atoms with Gasteiger partial charge in [-0.05, 0) is 34.1 Å². The van der Waals surface area contributed by atoms with Crippen molar-refractivity contribution in [3.05, 3.63) is 12.2 Å². The van der Waals surface area contributed by atoms with Gasteiger partial charge in [-0.25, -0.2) is 4.79 Å². The molecule has 86 valence electrons. The number of carbonyl (C=O) groups is 1.